The van der Waals surface area contributed by atoms with Crippen LogP contribution in [-0.4, -0.2) is 42.9 Å². The summed E-state index contributed by atoms with van der Waals surface area (Å²) >= 11 is 0. The largest absolute Gasteiger partial charge is 0.347 e. The first-order valence-electron chi connectivity index (χ1n) is 5.57. The Bertz CT molecular complexity index is 376. The van der Waals surface area contributed by atoms with E-state index in [2.05, 4.69) is 0 Å². The molecule has 0 fully saturated rings. The van der Waals surface area contributed by atoms with Crippen molar-refractivity contribution in [3.63, 3.8) is 0 Å². The minimum Gasteiger partial charge on any atom is -0.347 e. The Kier molecular flexibility index (Phi) is 4.63. The van der Waals surface area contributed by atoms with Gasteiger partial charge in [0.25, 0.3) is 0 Å². The minimum atomic E-state index is -0.242. The second kappa shape index (κ2) is 5.77. The molecule has 0 bridgehead atoms. The maximum Gasteiger partial charge on any atom is 0.239 e. The van der Waals surface area contributed by atoms with E-state index in [9.17, 15) is 9.18 Å². The van der Waals surface area contributed by atoms with Gasteiger partial charge in [0.15, 0.2) is 0 Å². The Balaban J connectivity index is 2.62. The van der Waals surface area contributed by atoms with E-state index in [0.717, 1.165) is 5.56 Å². The highest BCUT2D eigenvalue weighted by Crippen LogP contribution is 2.08. The number of halogens is 1. The third-order valence-electron chi connectivity index (χ3n) is 2.80. The summed E-state index contributed by atoms with van der Waals surface area (Å²) in [6.07, 6.45) is 0. The molecular formula is C13H19FN2O. The molecule has 4 heteroatoms. The third kappa shape index (κ3) is 3.82. The number of hydrogen-bond acceptors (Lipinski definition) is 2. The highest BCUT2D eigenvalue weighted by atomic mass is 19.1. The number of amides is 1. The van der Waals surface area contributed by atoms with Gasteiger partial charge in [-0.05, 0) is 31.7 Å². The van der Waals surface area contributed by atoms with Gasteiger partial charge in [-0.3, -0.25) is 9.69 Å². The molecule has 0 saturated heterocycles. The molecule has 3 nitrogen and oxygen atoms in total. The van der Waals surface area contributed by atoms with Crippen LogP contribution in [0.25, 0.3) is 0 Å². The third-order valence-corrected chi connectivity index (χ3v) is 2.80. The van der Waals surface area contributed by atoms with Crippen molar-refractivity contribution in [3.05, 3.63) is 35.6 Å². The number of carbonyl (C=O) groups is 1. The van der Waals surface area contributed by atoms with Gasteiger partial charge >= 0.3 is 0 Å². The van der Waals surface area contributed by atoms with E-state index in [1.165, 1.54) is 12.1 Å². The van der Waals surface area contributed by atoms with Crippen LogP contribution in [0.2, 0.25) is 0 Å². The summed E-state index contributed by atoms with van der Waals surface area (Å²) in [6.45, 7) is 2.49. The van der Waals surface area contributed by atoms with Gasteiger partial charge in [-0.15, -0.1) is 0 Å². The van der Waals surface area contributed by atoms with Gasteiger partial charge in [-0.25, -0.2) is 4.39 Å². The molecular weight excluding hydrogens is 219 g/mol. The number of carbonyl (C=O) groups excluding carboxylic acids is 1. The average Bonchev–Trinajstić information content (AvgIpc) is 2.30. The van der Waals surface area contributed by atoms with E-state index in [4.69, 9.17) is 0 Å². The van der Waals surface area contributed by atoms with Crippen LogP contribution in [0.1, 0.15) is 12.5 Å². The van der Waals surface area contributed by atoms with E-state index >= 15 is 0 Å². The molecule has 0 aliphatic carbocycles. The van der Waals surface area contributed by atoms with E-state index in [1.54, 1.807) is 31.1 Å². The van der Waals surface area contributed by atoms with Crippen molar-refractivity contribution in [1.82, 2.24) is 9.80 Å². The van der Waals surface area contributed by atoms with Crippen molar-refractivity contribution in [2.45, 2.75) is 19.5 Å². The first kappa shape index (κ1) is 13.6. The molecule has 1 rings (SSSR count). The lowest BCUT2D eigenvalue weighted by atomic mass is 10.2. The lowest BCUT2D eigenvalue weighted by molar-refractivity contribution is -0.133. The van der Waals surface area contributed by atoms with E-state index in [0.29, 0.717) is 6.54 Å². The monoisotopic (exact) mass is 238 g/mol. The first-order chi connectivity index (χ1) is 7.91. The minimum absolute atomic E-state index is 0.0645. The molecule has 1 amide bonds. The topological polar surface area (TPSA) is 23.6 Å². The van der Waals surface area contributed by atoms with Crippen LogP contribution in [-0.2, 0) is 11.3 Å². The number of benzene rings is 1. The summed E-state index contributed by atoms with van der Waals surface area (Å²) in [7, 11) is 5.37. The molecule has 0 aliphatic heterocycles. The van der Waals surface area contributed by atoms with Crippen LogP contribution in [0.3, 0.4) is 0 Å². The average molecular weight is 238 g/mol. The fourth-order valence-corrected chi connectivity index (χ4v) is 1.58. The maximum absolute atomic E-state index is 12.7. The molecule has 1 aromatic rings. The zero-order valence-corrected chi connectivity index (χ0v) is 10.8. The van der Waals surface area contributed by atoms with Gasteiger partial charge in [-0.1, -0.05) is 12.1 Å². The predicted molar refractivity (Wildman–Crippen MR) is 66.0 cm³/mol. The maximum atomic E-state index is 12.7. The number of likely N-dealkylation sites (N-methyl/N-ethyl adjacent to an activating group) is 2. The molecule has 0 saturated carbocycles. The Morgan fingerprint density at radius 2 is 1.76 bits per heavy atom. The molecule has 0 aliphatic rings. The molecule has 0 radical (unpaired) electrons. The molecule has 0 heterocycles. The van der Waals surface area contributed by atoms with Gasteiger partial charge in [0.05, 0.1) is 6.04 Å². The zero-order chi connectivity index (χ0) is 13.0. The van der Waals surface area contributed by atoms with Crippen LogP contribution in [0.4, 0.5) is 4.39 Å². The summed E-state index contributed by atoms with van der Waals surface area (Å²) < 4.78 is 12.7. The van der Waals surface area contributed by atoms with Crippen molar-refractivity contribution in [1.29, 1.82) is 0 Å². The standard InChI is InChI=1S/C13H19FN2O/c1-10(13(17)15(2)3)16(4)9-11-5-7-12(14)8-6-11/h5-8,10H,9H2,1-4H3. The van der Waals surface area contributed by atoms with Crippen LogP contribution < -0.4 is 0 Å². The second-order valence-corrected chi connectivity index (χ2v) is 4.45. The molecule has 0 N–H and O–H groups in total. The highest BCUT2D eigenvalue weighted by Gasteiger charge is 2.19. The molecule has 1 unspecified atom stereocenters. The van der Waals surface area contributed by atoms with Crippen molar-refractivity contribution < 1.29 is 9.18 Å². The molecule has 1 aromatic carbocycles. The Morgan fingerprint density at radius 1 is 1.24 bits per heavy atom. The predicted octanol–water partition coefficient (Wildman–Crippen LogP) is 1.73. The summed E-state index contributed by atoms with van der Waals surface area (Å²) in [5, 5.41) is 0. The van der Waals surface area contributed by atoms with E-state index in [-0.39, 0.29) is 17.8 Å². The molecule has 0 spiro atoms. The highest BCUT2D eigenvalue weighted by molar-refractivity contribution is 5.80. The lowest BCUT2D eigenvalue weighted by Gasteiger charge is -2.26. The van der Waals surface area contributed by atoms with Crippen LogP contribution in [0.15, 0.2) is 24.3 Å². The number of hydrogen-bond donors (Lipinski definition) is 0. The SMILES string of the molecule is CC(C(=O)N(C)C)N(C)Cc1ccc(F)cc1. The van der Waals surface area contributed by atoms with Gasteiger partial charge in [0.2, 0.25) is 5.91 Å². The van der Waals surface area contributed by atoms with Crippen molar-refractivity contribution in [2.75, 3.05) is 21.1 Å². The molecule has 94 valence electrons. The van der Waals surface area contributed by atoms with Crippen LogP contribution in [0.5, 0.6) is 0 Å². The van der Waals surface area contributed by atoms with Crippen LogP contribution >= 0.6 is 0 Å². The first-order valence-corrected chi connectivity index (χ1v) is 5.57. The summed E-state index contributed by atoms with van der Waals surface area (Å²) in [5.74, 6) is -0.177. The fraction of sp³-hybridized carbons (Fsp3) is 0.462. The molecule has 0 aromatic heterocycles. The normalized spacial score (nSPS) is 12.6. The van der Waals surface area contributed by atoms with Gasteiger partial charge in [0, 0.05) is 20.6 Å². The molecule has 17 heavy (non-hydrogen) atoms. The number of nitrogens with zero attached hydrogens (tertiary/aromatic N) is 2. The fourth-order valence-electron chi connectivity index (χ4n) is 1.58. The zero-order valence-electron chi connectivity index (χ0n) is 10.8. The molecule has 1 atom stereocenters. The number of rotatable bonds is 4. The Labute approximate surface area is 102 Å². The van der Waals surface area contributed by atoms with Crippen LogP contribution in [0, 0.1) is 5.82 Å². The summed E-state index contributed by atoms with van der Waals surface area (Å²) in [5.41, 5.74) is 0.993. The Morgan fingerprint density at radius 3 is 2.24 bits per heavy atom. The van der Waals surface area contributed by atoms with Crippen molar-refractivity contribution >= 4 is 5.91 Å². The van der Waals surface area contributed by atoms with Gasteiger partial charge in [0.1, 0.15) is 5.82 Å². The van der Waals surface area contributed by atoms with Gasteiger partial charge in [-0.2, -0.15) is 0 Å². The van der Waals surface area contributed by atoms with Crippen molar-refractivity contribution in [3.8, 4) is 0 Å². The van der Waals surface area contributed by atoms with E-state index < -0.39 is 0 Å². The second-order valence-electron chi connectivity index (χ2n) is 4.45. The Hall–Kier alpha value is -1.42. The summed E-state index contributed by atoms with van der Waals surface area (Å²) in [4.78, 5) is 15.3. The van der Waals surface area contributed by atoms with E-state index in [1.807, 2.05) is 18.9 Å². The lowest BCUT2D eigenvalue weighted by Crippen LogP contribution is -2.42. The van der Waals surface area contributed by atoms with Crippen molar-refractivity contribution in [2.24, 2.45) is 0 Å². The van der Waals surface area contributed by atoms with Gasteiger partial charge < -0.3 is 4.90 Å². The smallest absolute Gasteiger partial charge is 0.239 e. The summed E-state index contributed by atoms with van der Waals surface area (Å²) in [6, 6.07) is 6.15. The quantitative estimate of drug-likeness (QED) is 0.797.